The zero-order valence-corrected chi connectivity index (χ0v) is 6.06. The highest BCUT2D eigenvalue weighted by Gasteiger charge is 2.16. The van der Waals surface area contributed by atoms with Crippen LogP contribution in [0.3, 0.4) is 0 Å². The highest BCUT2D eigenvalue weighted by Crippen LogP contribution is 2.24. The monoisotopic (exact) mass is 128 g/mol. The van der Waals surface area contributed by atoms with Crippen LogP contribution in [0.4, 0.5) is 0 Å². The predicted molar refractivity (Wildman–Crippen MR) is 39.0 cm³/mol. The molecule has 2 nitrogen and oxygen atoms in total. The summed E-state index contributed by atoms with van der Waals surface area (Å²) in [5.74, 6) is 0.927. The summed E-state index contributed by atoms with van der Waals surface area (Å²) in [7, 11) is 0. The minimum atomic E-state index is 0.172. The number of hydrogen-bond acceptors (Lipinski definition) is 2. The normalized spacial score (nSPS) is 23.3. The molecule has 3 N–H and O–H groups in total. The number of hydrogen-bond donors (Lipinski definition) is 2. The molecule has 0 saturated heterocycles. The van der Waals surface area contributed by atoms with Crippen molar-refractivity contribution in [3.8, 4) is 0 Å². The first-order chi connectivity index (χ1) is 4.29. The van der Waals surface area contributed by atoms with Gasteiger partial charge in [-0.3, -0.25) is 0 Å². The van der Waals surface area contributed by atoms with E-state index in [0.29, 0.717) is 0 Å². The van der Waals surface area contributed by atoms with Crippen molar-refractivity contribution in [2.45, 2.75) is 32.4 Å². The Labute approximate surface area is 56.8 Å². The van der Waals surface area contributed by atoms with E-state index in [0.717, 1.165) is 12.5 Å². The van der Waals surface area contributed by atoms with Crippen LogP contribution >= 0.6 is 0 Å². The van der Waals surface area contributed by atoms with Crippen LogP contribution in [0, 0.1) is 5.92 Å². The molecule has 2 heteroatoms. The molecule has 0 amide bonds. The number of rotatable bonds is 3. The van der Waals surface area contributed by atoms with Crippen LogP contribution in [0.25, 0.3) is 0 Å². The fourth-order valence-corrected chi connectivity index (χ4v) is 1.05. The Kier molecular flexibility index (Phi) is 2.49. The average Bonchev–Trinajstić information content (AvgIpc) is 1.60. The maximum atomic E-state index is 5.51. The van der Waals surface area contributed by atoms with Gasteiger partial charge >= 0.3 is 0 Å². The first kappa shape index (κ1) is 7.03. The lowest BCUT2D eigenvalue weighted by Gasteiger charge is -2.26. The van der Waals surface area contributed by atoms with E-state index in [1.54, 1.807) is 0 Å². The predicted octanol–water partition coefficient (Wildman–Crippen LogP) is 0.681. The van der Waals surface area contributed by atoms with Crippen molar-refractivity contribution >= 4 is 0 Å². The van der Waals surface area contributed by atoms with E-state index in [1.165, 1.54) is 19.3 Å². The van der Waals surface area contributed by atoms with Crippen LogP contribution in [0.1, 0.15) is 26.2 Å². The molecule has 54 valence electrons. The Morgan fingerprint density at radius 3 is 2.67 bits per heavy atom. The molecule has 1 fully saturated rings. The van der Waals surface area contributed by atoms with Crippen molar-refractivity contribution in [2.75, 3.05) is 6.54 Å². The molecule has 1 aliphatic carbocycles. The summed E-state index contributed by atoms with van der Waals surface area (Å²) in [5, 5.41) is 3.23. The van der Waals surface area contributed by atoms with E-state index in [2.05, 4.69) is 5.32 Å². The minimum absolute atomic E-state index is 0.172. The van der Waals surface area contributed by atoms with Gasteiger partial charge in [0, 0.05) is 0 Å². The van der Waals surface area contributed by atoms with E-state index in [4.69, 9.17) is 5.73 Å². The zero-order chi connectivity index (χ0) is 6.69. The first-order valence-electron chi connectivity index (χ1n) is 3.78. The highest BCUT2D eigenvalue weighted by atomic mass is 15.0. The van der Waals surface area contributed by atoms with E-state index in [1.807, 2.05) is 6.92 Å². The minimum Gasteiger partial charge on any atom is -0.316 e. The molecular formula is C7H16N2. The molecule has 0 radical (unpaired) electrons. The Hall–Kier alpha value is -0.0800. The van der Waals surface area contributed by atoms with Crippen molar-refractivity contribution in [3.05, 3.63) is 0 Å². The van der Waals surface area contributed by atoms with E-state index in [9.17, 15) is 0 Å². The zero-order valence-electron chi connectivity index (χ0n) is 6.06. The topological polar surface area (TPSA) is 38.0 Å². The van der Waals surface area contributed by atoms with Gasteiger partial charge in [0.2, 0.25) is 0 Å². The first-order valence-corrected chi connectivity index (χ1v) is 3.78. The van der Waals surface area contributed by atoms with Crippen LogP contribution in [0.15, 0.2) is 0 Å². The third kappa shape index (κ3) is 2.33. The third-order valence-electron chi connectivity index (χ3n) is 1.95. The standard InChI is InChI=1S/C7H16N2/c1-6(8)9-5-7-3-2-4-7/h6-7,9H,2-5,8H2,1H3. The molecule has 0 bridgehead atoms. The number of nitrogens with two attached hydrogens (primary N) is 1. The van der Waals surface area contributed by atoms with Gasteiger partial charge < -0.3 is 11.1 Å². The second-order valence-corrected chi connectivity index (χ2v) is 2.99. The van der Waals surface area contributed by atoms with Crippen molar-refractivity contribution in [1.29, 1.82) is 0 Å². The molecule has 0 aromatic carbocycles. The summed E-state index contributed by atoms with van der Waals surface area (Å²) in [6.45, 7) is 3.11. The van der Waals surface area contributed by atoms with Crippen molar-refractivity contribution in [1.82, 2.24) is 5.32 Å². The van der Waals surface area contributed by atoms with Crippen LogP contribution < -0.4 is 11.1 Å². The molecule has 0 aromatic heterocycles. The summed E-state index contributed by atoms with van der Waals surface area (Å²) in [4.78, 5) is 0. The molecular weight excluding hydrogens is 112 g/mol. The molecule has 0 heterocycles. The highest BCUT2D eigenvalue weighted by molar-refractivity contribution is 4.71. The largest absolute Gasteiger partial charge is 0.316 e. The molecule has 1 aliphatic rings. The molecule has 1 unspecified atom stereocenters. The van der Waals surface area contributed by atoms with Crippen LogP contribution in [0.5, 0.6) is 0 Å². The Balaban J connectivity index is 1.91. The molecule has 0 aliphatic heterocycles. The fourth-order valence-electron chi connectivity index (χ4n) is 1.05. The van der Waals surface area contributed by atoms with Gasteiger partial charge in [-0.1, -0.05) is 6.42 Å². The maximum absolute atomic E-state index is 5.51. The van der Waals surface area contributed by atoms with Gasteiger partial charge in [-0.2, -0.15) is 0 Å². The summed E-state index contributed by atoms with van der Waals surface area (Å²) < 4.78 is 0. The Bertz CT molecular complexity index is 77.0. The van der Waals surface area contributed by atoms with Crippen LogP contribution in [-0.4, -0.2) is 12.7 Å². The van der Waals surface area contributed by atoms with Gasteiger partial charge in [0.1, 0.15) is 0 Å². The fraction of sp³-hybridized carbons (Fsp3) is 1.00. The Morgan fingerprint density at radius 1 is 1.67 bits per heavy atom. The lowest BCUT2D eigenvalue weighted by molar-refractivity contribution is 0.292. The summed E-state index contributed by atoms with van der Waals surface area (Å²) in [5.41, 5.74) is 5.51. The molecule has 0 spiro atoms. The van der Waals surface area contributed by atoms with Crippen LogP contribution in [0.2, 0.25) is 0 Å². The van der Waals surface area contributed by atoms with Gasteiger partial charge in [0.25, 0.3) is 0 Å². The third-order valence-corrected chi connectivity index (χ3v) is 1.95. The average molecular weight is 128 g/mol. The molecule has 1 saturated carbocycles. The second-order valence-electron chi connectivity index (χ2n) is 2.99. The van der Waals surface area contributed by atoms with Gasteiger partial charge in [0.05, 0.1) is 6.17 Å². The SMILES string of the molecule is CC(N)NCC1CCC1. The van der Waals surface area contributed by atoms with Gasteiger partial charge in [-0.25, -0.2) is 0 Å². The van der Waals surface area contributed by atoms with E-state index >= 15 is 0 Å². The van der Waals surface area contributed by atoms with Gasteiger partial charge in [-0.05, 0) is 32.2 Å². The summed E-state index contributed by atoms with van der Waals surface area (Å²) in [6.07, 6.45) is 4.40. The van der Waals surface area contributed by atoms with Crippen molar-refractivity contribution in [2.24, 2.45) is 11.7 Å². The molecule has 0 aromatic rings. The lowest BCUT2D eigenvalue weighted by atomic mass is 9.85. The molecule has 1 rings (SSSR count). The van der Waals surface area contributed by atoms with Crippen molar-refractivity contribution < 1.29 is 0 Å². The molecule has 1 atom stereocenters. The van der Waals surface area contributed by atoms with Gasteiger partial charge in [-0.15, -0.1) is 0 Å². The van der Waals surface area contributed by atoms with E-state index in [-0.39, 0.29) is 6.17 Å². The number of nitrogens with one attached hydrogen (secondary N) is 1. The summed E-state index contributed by atoms with van der Waals surface area (Å²) >= 11 is 0. The lowest BCUT2D eigenvalue weighted by Crippen LogP contribution is -2.38. The maximum Gasteiger partial charge on any atom is 0.0517 e. The van der Waals surface area contributed by atoms with Crippen LogP contribution in [-0.2, 0) is 0 Å². The second kappa shape index (κ2) is 3.18. The van der Waals surface area contributed by atoms with Gasteiger partial charge in [0.15, 0.2) is 0 Å². The van der Waals surface area contributed by atoms with E-state index < -0.39 is 0 Å². The quantitative estimate of drug-likeness (QED) is 0.548. The molecule has 9 heavy (non-hydrogen) atoms. The smallest absolute Gasteiger partial charge is 0.0517 e. The summed E-state index contributed by atoms with van der Waals surface area (Å²) in [6, 6.07) is 0. The van der Waals surface area contributed by atoms with Crippen molar-refractivity contribution in [3.63, 3.8) is 0 Å². The Morgan fingerprint density at radius 2 is 2.33 bits per heavy atom.